The lowest BCUT2D eigenvalue weighted by Gasteiger charge is -2.01. The number of rotatable bonds is 0. The van der Waals surface area contributed by atoms with Crippen molar-refractivity contribution >= 4 is 56.1 Å². The Morgan fingerprint density at radius 3 is 2.69 bits per heavy atom. The Morgan fingerprint density at radius 2 is 1.92 bits per heavy atom. The van der Waals surface area contributed by atoms with Gasteiger partial charge < -0.3 is 0 Å². The number of aryl methyl sites for hydroxylation is 1. The van der Waals surface area contributed by atoms with E-state index in [1.54, 1.807) is 0 Å². The highest BCUT2D eigenvalue weighted by Crippen LogP contribution is 2.21. The lowest BCUT2D eigenvalue weighted by Crippen LogP contribution is -1.87. The van der Waals surface area contributed by atoms with Gasteiger partial charge >= 0.3 is 0 Å². The number of pyridine rings is 1. The highest BCUT2D eigenvalue weighted by atomic mass is 127. The Labute approximate surface area is 104 Å². The van der Waals surface area contributed by atoms with Crippen LogP contribution in [-0.2, 0) is 0 Å². The van der Waals surface area contributed by atoms with Crippen LogP contribution in [0.15, 0.2) is 24.3 Å². The molecule has 2 rings (SSSR count). The number of aromatic nitrogens is 1. The van der Waals surface area contributed by atoms with Gasteiger partial charge in [0.1, 0.15) is 3.70 Å². The van der Waals surface area contributed by atoms with Crippen LogP contribution in [0.2, 0.25) is 0 Å². The molecule has 0 radical (unpaired) electrons. The molecule has 1 nitrogen and oxygen atoms in total. The molecule has 0 aliphatic heterocycles. The molecule has 1 aromatic heterocycles. The minimum atomic E-state index is 1.06. The summed E-state index contributed by atoms with van der Waals surface area (Å²) in [6.45, 7) is 2.09. The van der Waals surface area contributed by atoms with Crippen molar-refractivity contribution in [2.24, 2.45) is 0 Å². The Bertz CT molecular complexity index is 460. The summed E-state index contributed by atoms with van der Waals surface area (Å²) in [5.41, 5.74) is 2.36. The predicted molar refractivity (Wildman–Crippen MR) is 71.9 cm³/mol. The third kappa shape index (κ3) is 1.96. The van der Waals surface area contributed by atoms with E-state index in [9.17, 15) is 0 Å². The normalized spacial score (nSPS) is 10.7. The molecular weight excluding hydrogens is 388 g/mol. The molecule has 13 heavy (non-hydrogen) atoms. The third-order valence-corrected chi connectivity index (χ3v) is 3.33. The van der Waals surface area contributed by atoms with Crippen LogP contribution in [0.1, 0.15) is 5.56 Å². The maximum Gasteiger partial charge on any atom is 0.103 e. The number of benzene rings is 1. The van der Waals surface area contributed by atoms with Crippen molar-refractivity contribution in [2.45, 2.75) is 6.92 Å². The molecule has 0 atom stereocenters. The van der Waals surface area contributed by atoms with Gasteiger partial charge in [0.25, 0.3) is 0 Å². The van der Waals surface area contributed by atoms with Crippen molar-refractivity contribution in [3.63, 3.8) is 0 Å². The first-order valence-corrected chi connectivity index (χ1v) is 6.05. The standard InChI is InChI=1S/C10H7I2N/c1-6-2-3-7-8(11)5-10(12)13-9(7)4-6/h2-5H,1H3. The first kappa shape index (κ1) is 9.64. The van der Waals surface area contributed by atoms with Gasteiger partial charge in [0.15, 0.2) is 0 Å². The second-order valence-electron chi connectivity index (χ2n) is 2.95. The molecule has 66 valence electrons. The fourth-order valence-corrected chi connectivity index (χ4v) is 3.18. The maximum absolute atomic E-state index is 4.48. The van der Waals surface area contributed by atoms with Crippen molar-refractivity contribution in [3.05, 3.63) is 37.1 Å². The molecule has 0 saturated carbocycles. The first-order chi connectivity index (χ1) is 6.16. The minimum Gasteiger partial charge on any atom is -0.242 e. The van der Waals surface area contributed by atoms with Gasteiger partial charge in [-0.15, -0.1) is 0 Å². The second kappa shape index (κ2) is 3.68. The van der Waals surface area contributed by atoms with E-state index in [1.807, 2.05) is 0 Å². The zero-order valence-corrected chi connectivity index (χ0v) is 11.3. The average molecular weight is 395 g/mol. The summed E-state index contributed by atoms with van der Waals surface area (Å²) in [6.07, 6.45) is 0. The van der Waals surface area contributed by atoms with Gasteiger partial charge in [0.2, 0.25) is 0 Å². The van der Waals surface area contributed by atoms with E-state index < -0.39 is 0 Å². The SMILES string of the molecule is Cc1ccc2c(I)cc(I)nc2c1. The van der Waals surface area contributed by atoms with E-state index in [0.717, 1.165) is 9.22 Å². The number of halogens is 2. The van der Waals surface area contributed by atoms with Gasteiger partial charge in [-0.1, -0.05) is 12.1 Å². The molecule has 0 amide bonds. The average Bonchev–Trinajstić information content (AvgIpc) is 2.02. The lowest BCUT2D eigenvalue weighted by atomic mass is 10.1. The molecule has 3 heteroatoms. The van der Waals surface area contributed by atoms with Crippen LogP contribution in [-0.4, -0.2) is 4.98 Å². The van der Waals surface area contributed by atoms with Crippen LogP contribution in [0.25, 0.3) is 10.9 Å². The smallest absolute Gasteiger partial charge is 0.103 e. The molecule has 0 bridgehead atoms. The number of fused-ring (bicyclic) bond motifs is 1. The molecule has 1 heterocycles. The molecule has 0 unspecified atom stereocenters. The summed E-state index contributed by atoms with van der Waals surface area (Å²) in [7, 11) is 0. The van der Waals surface area contributed by atoms with E-state index in [4.69, 9.17) is 0 Å². The molecule has 0 fully saturated rings. The highest BCUT2D eigenvalue weighted by molar-refractivity contribution is 14.1. The van der Waals surface area contributed by atoms with Crippen LogP contribution in [0, 0.1) is 14.2 Å². The van der Waals surface area contributed by atoms with Crippen LogP contribution in [0.3, 0.4) is 0 Å². The van der Waals surface area contributed by atoms with Gasteiger partial charge in [0.05, 0.1) is 5.52 Å². The Kier molecular flexibility index (Phi) is 2.73. The van der Waals surface area contributed by atoms with Gasteiger partial charge in [-0.25, -0.2) is 4.98 Å². The molecule has 0 aliphatic carbocycles. The molecule has 0 saturated heterocycles. The number of hydrogen-bond donors (Lipinski definition) is 0. The maximum atomic E-state index is 4.48. The molecule has 2 aromatic rings. The van der Waals surface area contributed by atoms with Crippen molar-refractivity contribution in [3.8, 4) is 0 Å². The topological polar surface area (TPSA) is 12.9 Å². The van der Waals surface area contributed by atoms with Crippen molar-refractivity contribution in [1.82, 2.24) is 4.98 Å². The lowest BCUT2D eigenvalue weighted by molar-refractivity contribution is 1.32. The zero-order valence-electron chi connectivity index (χ0n) is 7.01. The first-order valence-electron chi connectivity index (χ1n) is 3.89. The monoisotopic (exact) mass is 395 g/mol. The second-order valence-corrected chi connectivity index (χ2v) is 5.21. The molecular formula is C10H7I2N. The number of hydrogen-bond acceptors (Lipinski definition) is 1. The summed E-state index contributed by atoms with van der Waals surface area (Å²) in [6, 6.07) is 8.48. The van der Waals surface area contributed by atoms with Crippen molar-refractivity contribution in [2.75, 3.05) is 0 Å². The Balaban J connectivity index is 2.86. The van der Waals surface area contributed by atoms with Gasteiger partial charge in [-0.05, 0) is 69.8 Å². The van der Waals surface area contributed by atoms with E-state index >= 15 is 0 Å². The molecule has 1 aromatic carbocycles. The summed E-state index contributed by atoms with van der Waals surface area (Å²) in [5, 5.41) is 1.24. The summed E-state index contributed by atoms with van der Waals surface area (Å²) < 4.78 is 2.33. The van der Waals surface area contributed by atoms with Crippen molar-refractivity contribution < 1.29 is 0 Å². The number of nitrogens with zero attached hydrogens (tertiary/aromatic N) is 1. The van der Waals surface area contributed by atoms with Gasteiger partial charge in [0, 0.05) is 8.96 Å². The third-order valence-electron chi connectivity index (χ3n) is 1.88. The summed E-state index contributed by atoms with van der Waals surface area (Å²) in [4.78, 5) is 4.48. The van der Waals surface area contributed by atoms with Crippen LogP contribution in [0.5, 0.6) is 0 Å². The Hall–Kier alpha value is 0.0900. The Morgan fingerprint density at radius 1 is 1.15 bits per heavy atom. The van der Waals surface area contributed by atoms with Crippen LogP contribution < -0.4 is 0 Å². The van der Waals surface area contributed by atoms with Crippen LogP contribution >= 0.6 is 45.2 Å². The zero-order chi connectivity index (χ0) is 9.42. The van der Waals surface area contributed by atoms with Crippen molar-refractivity contribution in [1.29, 1.82) is 0 Å². The quantitative estimate of drug-likeness (QED) is 0.490. The van der Waals surface area contributed by atoms with E-state index in [0.29, 0.717) is 0 Å². The molecule has 0 N–H and O–H groups in total. The van der Waals surface area contributed by atoms with E-state index in [1.165, 1.54) is 14.5 Å². The van der Waals surface area contributed by atoms with Crippen LogP contribution in [0.4, 0.5) is 0 Å². The fraction of sp³-hybridized carbons (Fsp3) is 0.100. The molecule has 0 spiro atoms. The highest BCUT2D eigenvalue weighted by Gasteiger charge is 2.01. The van der Waals surface area contributed by atoms with E-state index in [-0.39, 0.29) is 0 Å². The largest absolute Gasteiger partial charge is 0.242 e. The molecule has 0 aliphatic rings. The van der Waals surface area contributed by atoms with Gasteiger partial charge in [-0.2, -0.15) is 0 Å². The van der Waals surface area contributed by atoms with E-state index in [2.05, 4.69) is 81.4 Å². The predicted octanol–water partition coefficient (Wildman–Crippen LogP) is 3.75. The fourth-order valence-electron chi connectivity index (χ4n) is 1.27. The minimum absolute atomic E-state index is 1.06. The van der Waals surface area contributed by atoms with Gasteiger partial charge in [-0.3, -0.25) is 0 Å². The summed E-state index contributed by atoms with van der Waals surface area (Å²) >= 11 is 4.60. The summed E-state index contributed by atoms with van der Waals surface area (Å²) in [5.74, 6) is 0.